The summed E-state index contributed by atoms with van der Waals surface area (Å²) in [7, 11) is 1.93. The molecular formula is C18H20ClN5O2. The zero-order valence-corrected chi connectivity index (χ0v) is 15.1. The fraction of sp³-hybridized carbons (Fsp3) is 0.278. The molecule has 4 rings (SSSR count). The second-order valence-electron chi connectivity index (χ2n) is 6.02. The topological polar surface area (TPSA) is 76.2 Å². The number of aromatic nitrogens is 3. The Hall–Kier alpha value is -2.64. The summed E-state index contributed by atoms with van der Waals surface area (Å²) in [5.74, 6) is 1.17. The average molecular weight is 374 g/mol. The van der Waals surface area contributed by atoms with Gasteiger partial charge in [-0.15, -0.1) is 12.4 Å². The molecule has 0 bridgehead atoms. The molecule has 26 heavy (non-hydrogen) atoms. The number of nitrogens with one attached hydrogen (secondary N) is 1. The van der Waals surface area contributed by atoms with Crippen LogP contribution in [0.25, 0.3) is 11.5 Å². The van der Waals surface area contributed by atoms with Gasteiger partial charge in [0.05, 0.1) is 0 Å². The van der Waals surface area contributed by atoms with E-state index in [1.807, 2.05) is 53.0 Å². The molecule has 8 heteroatoms. The maximum Gasteiger partial charge on any atom is 0.276 e. The Kier molecular flexibility index (Phi) is 5.39. The lowest BCUT2D eigenvalue weighted by atomic mass is 10.1. The van der Waals surface area contributed by atoms with E-state index >= 15 is 0 Å². The van der Waals surface area contributed by atoms with Gasteiger partial charge in [-0.25, -0.2) is 9.97 Å². The van der Waals surface area contributed by atoms with Crippen molar-refractivity contribution in [1.82, 2.24) is 24.8 Å². The Morgan fingerprint density at radius 2 is 2.12 bits per heavy atom. The number of rotatable bonds is 3. The van der Waals surface area contributed by atoms with E-state index in [0.717, 1.165) is 17.9 Å². The van der Waals surface area contributed by atoms with Gasteiger partial charge in [0, 0.05) is 44.6 Å². The monoisotopic (exact) mass is 373 g/mol. The van der Waals surface area contributed by atoms with Gasteiger partial charge in [-0.05, 0) is 12.1 Å². The van der Waals surface area contributed by atoms with Crippen molar-refractivity contribution in [3.05, 3.63) is 60.5 Å². The van der Waals surface area contributed by atoms with Crippen LogP contribution in [0.4, 0.5) is 0 Å². The molecule has 1 amide bonds. The smallest absolute Gasteiger partial charge is 0.276 e. The van der Waals surface area contributed by atoms with E-state index in [4.69, 9.17) is 4.42 Å². The van der Waals surface area contributed by atoms with Crippen molar-refractivity contribution in [3.8, 4) is 11.5 Å². The number of hydrogen-bond acceptors (Lipinski definition) is 5. The summed E-state index contributed by atoms with van der Waals surface area (Å²) in [4.78, 5) is 23.6. The average Bonchev–Trinajstić information content (AvgIpc) is 3.31. The summed E-state index contributed by atoms with van der Waals surface area (Å²) >= 11 is 0. The quantitative estimate of drug-likeness (QED) is 0.762. The zero-order valence-electron chi connectivity index (χ0n) is 14.3. The van der Waals surface area contributed by atoms with Gasteiger partial charge in [0.1, 0.15) is 18.1 Å². The van der Waals surface area contributed by atoms with Gasteiger partial charge >= 0.3 is 0 Å². The molecule has 2 aromatic heterocycles. The fourth-order valence-electron chi connectivity index (χ4n) is 3.11. The number of carbonyl (C=O) groups is 1. The number of nitrogens with zero attached hydrogens (tertiary/aromatic N) is 4. The predicted octanol–water partition coefficient (Wildman–Crippen LogP) is 2.28. The molecule has 1 N–H and O–H groups in total. The molecule has 1 atom stereocenters. The Morgan fingerprint density at radius 1 is 1.31 bits per heavy atom. The summed E-state index contributed by atoms with van der Waals surface area (Å²) in [6.07, 6.45) is 5.06. The number of carbonyl (C=O) groups excluding carboxylic acids is 1. The highest BCUT2D eigenvalue weighted by atomic mass is 35.5. The molecular weight excluding hydrogens is 354 g/mol. The molecule has 1 fully saturated rings. The molecule has 0 spiro atoms. The maximum absolute atomic E-state index is 13.0. The largest absolute Gasteiger partial charge is 0.444 e. The summed E-state index contributed by atoms with van der Waals surface area (Å²) in [5.41, 5.74) is 1.17. The molecule has 0 saturated carbocycles. The highest BCUT2D eigenvalue weighted by Crippen LogP contribution is 2.24. The molecule has 1 aliphatic rings. The minimum atomic E-state index is -0.138. The Balaban J connectivity index is 0.00000196. The van der Waals surface area contributed by atoms with Crippen LogP contribution in [0.5, 0.6) is 0 Å². The van der Waals surface area contributed by atoms with Crippen LogP contribution >= 0.6 is 12.4 Å². The van der Waals surface area contributed by atoms with Gasteiger partial charge < -0.3 is 19.2 Å². The van der Waals surface area contributed by atoms with E-state index in [9.17, 15) is 4.79 Å². The molecule has 1 aliphatic heterocycles. The highest BCUT2D eigenvalue weighted by molar-refractivity contribution is 5.92. The Bertz CT molecular complexity index is 877. The summed E-state index contributed by atoms with van der Waals surface area (Å²) in [6, 6.07) is 9.43. The third-order valence-electron chi connectivity index (χ3n) is 4.40. The van der Waals surface area contributed by atoms with E-state index < -0.39 is 0 Å². The van der Waals surface area contributed by atoms with E-state index in [1.165, 1.54) is 6.26 Å². The Morgan fingerprint density at radius 3 is 2.85 bits per heavy atom. The van der Waals surface area contributed by atoms with Crippen LogP contribution in [-0.4, -0.2) is 45.0 Å². The number of aryl methyl sites for hydroxylation is 1. The van der Waals surface area contributed by atoms with Crippen LogP contribution in [0.1, 0.15) is 22.4 Å². The first-order valence-corrected chi connectivity index (χ1v) is 8.24. The number of piperazine rings is 1. The normalized spacial score (nSPS) is 17.0. The second kappa shape index (κ2) is 7.72. The molecule has 0 radical (unpaired) electrons. The van der Waals surface area contributed by atoms with E-state index in [-0.39, 0.29) is 24.4 Å². The van der Waals surface area contributed by atoms with Crippen LogP contribution < -0.4 is 5.32 Å². The molecule has 1 saturated heterocycles. The van der Waals surface area contributed by atoms with E-state index in [2.05, 4.69) is 15.3 Å². The number of halogens is 1. The van der Waals surface area contributed by atoms with Gasteiger partial charge in [-0.3, -0.25) is 4.79 Å². The molecule has 136 valence electrons. The summed E-state index contributed by atoms with van der Waals surface area (Å²) in [6.45, 7) is 2.01. The molecule has 0 aliphatic carbocycles. The lowest BCUT2D eigenvalue weighted by Crippen LogP contribution is -2.49. The van der Waals surface area contributed by atoms with Crippen LogP contribution in [0, 0.1) is 0 Å². The standard InChI is InChI=1S/C18H19N5O2.ClH/c1-22-9-8-20-16(22)15-11-19-7-10-23(15)18(24)14-12-25-17(21-14)13-5-3-2-4-6-13;/h2-6,8-9,12,15,19H,7,10-11H2,1H3;1H. The van der Waals surface area contributed by atoms with Crippen molar-refractivity contribution in [2.24, 2.45) is 7.05 Å². The first kappa shape index (κ1) is 18.2. The molecule has 3 aromatic rings. The first-order valence-electron chi connectivity index (χ1n) is 8.24. The van der Waals surface area contributed by atoms with Crippen LogP contribution in [0.3, 0.4) is 0 Å². The van der Waals surface area contributed by atoms with Crippen LogP contribution in [-0.2, 0) is 7.05 Å². The summed E-state index contributed by atoms with van der Waals surface area (Å²) in [5, 5.41) is 3.33. The lowest BCUT2D eigenvalue weighted by Gasteiger charge is -2.35. The highest BCUT2D eigenvalue weighted by Gasteiger charge is 2.32. The van der Waals surface area contributed by atoms with Gasteiger partial charge in [0.25, 0.3) is 5.91 Å². The van der Waals surface area contributed by atoms with Gasteiger partial charge in [0.2, 0.25) is 5.89 Å². The molecule has 7 nitrogen and oxygen atoms in total. The van der Waals surface area contributed by atoms with Crippen molar-refractivity contribution in [1.29, 1.82) is 0 Å². The first-order chi connectivity index (χ1) is 12.2. The predicted molar refractivity (Wildman–Crippen MR) is 99.0 cm³/mol. The van der Waals surface area contributed by atoms with Crippen molar-refractivity contribution in [2.75, 3.05) is 19.6 Å². The van der Waals surface area contributed by atoms with E-state index in [1.54, 1.807) is 6.20 Å². The van der Waals surface area contributed by atoms with Gasteiger partial charge in [-0.2, -0.15) is 0 Å². The fourth-order valence-corrected chi connectivity index (χ4v) is 3.11. The van der Waals surface area contributed by atoms with Gasteiger partial charge in [-0.1, -0.05) is 18.2 Å². The third-order valence-corrected chi connectivity index (χ3v) is 4.40. The number of imidazole rings is 1. The number of benzene rings is 1. The van der Waals surface area contributed by atoms with Crippen molar-refractivity contribution < 1.29 is 9.21 Å². The number of oxazole rings is 1. The molecule has 1 aromatic carbocycles. The zero-order chi connectivity index (χ0) is 17.2. The number of amides is 1. The maximum atomic E-state index is 13.0. The third kappa shape index (κ3) is 3.36. The lowest BCUT2D eigenvalue weighted by molar-refractivity contribution is 0.0614. The van der Waals surface area contributed by atoms with Gasteiger partial charge in [0.15, 0.2) is 5.69 Å². The SMILES string of the molecule is Cl.Cn1ccnc1C1CNCCN1C(=O)c1coc(-c2ccccc2)n1. The van der Waals surface area contributed by atoms with Crippen molar-refractivity contribution in [2.45, 2.75) is 6.04 Å². The van der Waals surface area contributed by atoms with E-state index in [0.29, 0.717) is 24.7 Å². The second-order valence-corrected chi connectivity index (χ2v) is 6.02. The van der Waals surface area contributed by atoms with Crippen LogP contribution in [0.15, 0.2) is 53.4 Å². The minimum absolute atomic E-state index is 0. The Labute approximate surface area is 157 Å². The van der Waals surface area contributed by atoms with Crippen molar-refractivity contribution in [3.63, 3.8) is 0 Å². The molecule has 3 heterocycles. The molecule has 1 unspecified atom stereocenters. The minimum Gasteiger partial charge on any atom is -0.444 e. The van der Waals surface area contributed by atoms with Crippen LogP contribution in [0.2, 0.25) is 0 Å². The van der Waals surface area contributed by atoms with Crippen molar-refractivity contribution >= 4 is 18.3 Å². The summed E-state index contributed by atoms with van der Waals surface area (Å²) < 4.78 is 7.46. The number of hydrogen-bond donors (Lipinski definition) is 1.